The molecule has 2 aromatic rings. The van der Waals surface area contributed by atoms with Crippen LogP contribution in [0.4, 0.5) is 11.4 Å². The van der Waals surface area contributed by atoms with Crippen molar-refractivity contribution < 1.29 is 14.3 Å². The monoisotopic (exact) mass is 368 g/mol. The Morgan fingerprint density at radius 3 is 2.41 bits per heavy atom. The number of aryl methyl sites for hydroxylation is 1. The average Bonchev–Trinajstić information content (AvgIpc) is 2.69. The van der Waals surface area contributed by atoms with Crippen LogP contribution in [0.3, 0.4) is 0 Å². The molecule has 1 N–H and O–H groups in total. The second-order valence-electron chi connectivity index (χ2n) is 6.10. The lowest BCUT2D eigenvalue weighted by Crippen LogP contribution is -2.22. The average molecular weight is 368 g/mol. The lowest BCUT2D eigenvalue weighted by molar-refractivity contribution is -0.111. The zero-order valence-electron chi connectivity index (χ0n) is 16.7. The highest BCUT2D eigenvalue weighted by atomic mass is 16.5. The third-order valence-electron chi connectivity index (χ3n) is 4.45. The molecule has 5 nitrogen and oxygen atoms in total. The maximum absolute atomic E-state index is 12.3. The van der Waals surface area contributed by atoms with Gasteiger partial charge in [0.05, 0.1) is 14.2 Å². The minimum absolute atomic E-state index is 0.196. The molecule has 0 bridgehead atoms. The highest BCUT2D eigenvalue weighted by molar-refractivity contribution is 6.02. The summed E-state index contributed by atoms with van der Waals surface area (Å²) in [6.07, 6.45) is 3.21. The molecule has 0 saturated carbocycles. The van der Waals surface area contributed by atoms with Crippen LogP contribution in [-0.2, 0) is 4.79 Å². The normalized spacial score (nSPS) is 10.7. The smallest absolute Gasteiger partial charge is 0.248 e. The molecule has 0 aliphatic heterocycles. The van der Waals surface area contributed by atoms with Gasteiger partial charge in [-0.2, -0.15) is 0 Å². The SMILES string of the molecule is CCN(CC)c1ccc(NC(=O)/C=C/c2cc(OC)ccc2OC)c(C)c1. The largest absolute Gasteiger partial charge is 0.497 e. The minimum atomic E-state index is -0.196. The Labute approximate surface area is 161 Å². The van der Waals surface area contributed by atoms with Crippen LogP contribution in [-0.4, -0.2) is 33.2 Å². The molecule has 0 fully saturated rings. The molecular formula is C22H28N2O3. The number of benzene rings is 2. The minimum Gasteiger partial charge on any atom is -0.497 e. The number of hydrogen-bond donors (Lipinski definition) is 1. The summed E-state index contributed by atoms with van der Waals surface area (Å²) in [6, 6.07) is 11.5. The van der Waals surface area contributed by atoms with Crippen molar-refractivity contribution in [3.8, 4) is 11.5 Å². The second-order valence-corrected chi connectivity index (χ2v) is 6.10. The van der Waals surface area contributed by atoms with Crippen molar-refractivity contribution in [2.24, 2.45) is 0 Å². The lowest BCUT2D eigenvalue weighted by Gasteiger charge is -2.22. The van der Waals surface area contributed by atoms with Gasteiger partial charge in [-0.1, -0.05) is 0 Å². The first kappa shape index (κ1) is 20.4. The van der Waals surface area contributed by atoms with Crippen molar-refractivity contribution in [2.75, 3.05) is 37.5 Å². The number of amides is 1. The summed E-state index contributed by atoms with van der Waals surface area (Å²) in [5, 5.41) is 2.93. The van der Waals surface area contributed by atoms with E-state index in [0.29, 0.717) is 11.5 Å². The first-order chi connectivity index (χ1) is 13.0. The van der Waals surface area contributed by atoms with E-state index in [1.807, 2.05) is 37.3 Å². The number of carbonyl (C=O) groups excluding carboxylic acids is 1. The number of nitrogens with zero attached hydrogens (tertiary/aromatic N) is 1. The van der Waals surface area contributed by atoms with E-state index in [1.165, 1.54) is 6.08 Å². The molecule has 1 amide bonds. The molecule has 0 spiro atoms. The molecule has 144 valence electrons. The number of hydrogen-bond acceptors (Lipinski definition) is 4. The number of anilines is 2. The molecule has 27 heavy (non-hydrogen) atoms. The Kier molecular flexibility index (Phi) is 7.29. The molecule has 0 aliphatic rings. The van der Waals surface area contributed by atoms with Crippen LogP contribution in [0.5, 0.6) is 11.5 Å². The molecule has 0 unspecified atom stereocenters. The van der Waals surface area contributed by atoms with Gasteiger partial charge < -0.3 is 19.7 Å². The Hall–Kier alpha value is -2.95. The maximum Gasteiger partial charge on any atom is 0.248 e. The van der Waals surface area contributed by atoms with Gasteiger partial charge in [0.2, 0.25) is 5.91 Å². The Bertz CT molecular complexity index is 811. The van der Waals surface area contributed by atoms with Crippen LogP contribution < -0.4 is 19.7 Å². The molecule has 0 radical (unpaired) electrons. The van der Waals surface area contributed by atoms with Crippen LogP contribution in [0.25, 0.3) is 6.08 Å². The van der Waals surface area contributed by atoms with Crippen LogP contribution >= 0.6 is 0 Å². The van der Waals surface area contributed by atoms with Gasteiger partial charge >= 0.3 is 0 Å². The van der Waals surface area contributed by atoms with E-state index in [9.17, 15) is 4.79 Å². The number of ether oxygens (including phenoxy) is 2. The van der Waals surface area contributed by atoms with Gasteiger partial charge in [-0.25, -0.2) is 0 Å². The molecule has 5 heteroatoms. The highest BCUT2D eigenvalue weighted by Crippen LogP contribution is 2.26. The number of rotatable bonds is 8. The van der Waals surface area contributed by atoms with E-state index in [0.717, 1.165) is 35.6 Å². The predicted molar refractivity (Wildman–Crippen MR) is 112 cm³/mol. The van der Waals surface area contributed by atoms with Gasteiger partial charge in [0.15, 0.2) is 0 Å². The van der Waals surface area contributed by atoms with Gasteiger partial charge in [0, 0.05) is 36.1 Å². The van der Waals surface area contributed by atoms with E-state index >= 15 is 0 Å². The summed E-state index contributed by atoms with van der Waals surface area (Å²) < 4.78 is 10.6. The fourth-order valence-corrected chi connectivity index (χ4v) is 2.88. The summed E-state index contributed by atoms with van der Waals surface area (Å²) in [6.45, 7) is 8.16. The Balaban J connectivity index is 2.13. The third-order valence-corrected chi connectivity index (χ3v) is 4.45. The molecule has 0 aliphatic carbocycles. The third kappa shape index (κ3) is 5.26. The zero-order chi connectivity index (χ0) is 19.8. The van der Waals surface area contributed by atoms with Crippen LogP contribution in [0, 0.1) is 6.92 Å². The first-order valence-electron chi connectivity index (χ1n) is 9.09. The van der Waals surface area contributed by atoms with Gasteiger partial charge in [-0.15, -0.1) is 0 Å². The molecule has 2 aromatic carbocycles. The second kappa shape index (κ2) is 9.67. The quantitative estimate of drug-likeness (QED) is 0.697. The molecule has 0 heterocycles. The van der Waals surface area contributed by atoms with E-state index in [4.69, 9.17) is 9.47 Å². The van der Waals surface area contributed by atoms with Gasteiger partial charge in [0.1, 0.15) is 11.5 Å². The van der Waals surface area contributed by atoms with Gasteiger partial charge in [-0.3, -0.25) is 4.79 Å². The van der Waals surface area contributed by atoms with E-state index < -0.39 is 0 Å². The van der Waals surface area contributed by atoms with Crippen LogP contribution in [0.2, 0.25) is 0 Å². The Morgan fingerprint density at radius 2 is 1.81 bits per heavy atom. The Morgan fingerprint density at radius 1 is 1.07 bits per heavy atom. The fourth-order valence-electron chi connectivity index (χ4n) is 2.88. The summed E-state index contributed by atoms with van der Waals surface area (Å²) in [5.74, 6) is 1.19. The molecule has 0 aromatic heterocycles. The van der Waals surface area contributed by atoms with E-state index in [1.54, 1.807) is 20.3 Å². The molecule has 0 atom stereocenters. The fraction of sp³-hybridized carbons (Fsp3) is 0.318. The molecule has 2 rings (SSSR count). The summed E-state index contributed by atoms with van der Waals surface area (Å²) >= 11 is 0. The van der Waals surface area contributed by atoms with Crippen molar-refractivity contribution in [2.45, 2.75) is 20.8 Å². The standard InChI is InChI=1S/C22H28N2O3/c1-6-24(7-2)18-9-11-20(16(3)14-18)23-22(25)13-8-17-15-19(26-4)10-12-21(17)27-5/h8-15H,6-7H2,1-5H3,(H,23,25)/b13-8+. The van der Waals surface area contributed by atoms with Crippen molar-refractivity contribution in [1.82, 2.24) is 0 Å². The van der Waals surface area contributed by atoms with Crippen LogP contribution in [0.15, 0.2) is 42.5 Å². The van der Waals surface area contributed by atoms with Crippen molar-refractivity contribution in [1.29, 1.82) is 0 Å². The summed E-state index contributed by atoms with van der Waals surface area (Å²) in [4.78, 5) is 14.6. The maximum atomic E-state index is 12.3. The van der Waals surface area contributed by atoms with E-state index in [-0.39, 0.29) is 5.91 Å². The van der Waals surface area contributed by atoms with E-state index in [2.05, 4.69) is 30.1 Å². The summed E-state index contributed by atoms with van der Waals surface area (Å²) in [7, 11) is 3.20. The highest BCUT2D eigenvalue weighted by Gasteiger charge is 2.07. The molecule has 0 saturated heterocycles. The topological polar surface area (TPSA) is 50.8 Å². The zero-order valence-corrected chi connectivity index (χ0v) is 16.7. The van der Waals surface area contributed by atoms with Crippen LogP contribution in [0.1, 0.15) is 25.0 Å². The lowest BCUT2D eigenvalue weighted by atomic mass is 10.1. The number of methoxy groups -OCH3 is 2. The van der Waals surface area contributed by atoms with Crippen molar-refractivity contribution in [3.63, 3.8) is 0 Å². The van der Waals surface area contributed by atoms with Crippen molar-refractivity contribution in [3.05, 3.63) is 53.6 Å². The number of carbonyl (C=O) groups is 1. The van der Waals surface area contributed by atoms with Crippen molar-refractivity contribution >= 4 is 23.4 Å². The number of nitrogens with one attached hydrogen (secondary N) is 1. The van der Waals surface area contributed by atoms with Gasteiger partial charge in [0.25, 0.3) is 0 Å². The first-order valence-corrected chi connectivity index (χ1v) is 9.09. The predicted octanol–water partition coefficient (Wildman–Crippen LogP) is 4.51. The molecular weight excluding hydrogens is 340 g/mol. The van der Waals surface area contributed by atoms with Gasteiger partial charge in [-0.05, 0) is 68.8 Å². The summed E-state index contributed by atoms with van der Waals surface area (Å²) in [5.41, 5.74) is 3.77.